The molecule has 0 bridgehead atoms. The maximum absolute atomic E-state index is 14.6. The molecular weight excluding hydrogens is 489 g/mol. The summed E-state index contributed by atoms with van der Waals surface area (Å²) in [5, 5.41) is 14.1. The Morgan fingerprint density at radius 1 is 1.16 bits per heavy atom. The summed E-state index contributed by atoms with van der Waals surface area (Å²) < 4.78 is 20.0. The molecule has 0 aromatic heterocycles. The number of anilines is 1. The second-order valence-corrected chi connectivity index (χ2v) is 8.70. The molecule has 1 heterocycles. The predicted molar refractivity (Wildman–Crippen MR) is 139 cm³/mol. The lowest BCUT2D eigenvalue weighted by Gasteiger charge is -2.30. The van der Waals surface area contributed by atoms with E-state index in [4.69, 9.17) is 16.3 Å². The van der Waals surface area contributed by atoms with E-state index >= 15 is 0 Å². The number of aliphatic hydroxyl groups is 1. The Morgan fingerprint density at radius 3 is 2.50 bits per heavy atom. The minimum Gasteiger partial charge on any atom is -0.491 e. The number of aliphatic hydroxyl groups excluding tert-OH is 1. The maximum Gasteiger partial charge on any atom is 0.325 e. The summed E-state index contributed by atoms with van der Waals surface area (Å²) >= 11 is 0. The first-order valence-corrected chi connectivity index (χ1v) is 11.9. The van der Waals surface area contributed by atoms with Gasteiger partial charge in [-0.3, -0.25) is 9.59 Å². The van der Waals surface area contributed by atoms with E-state index in [1.165, 1.54) is 12.1 Å². The fraction of sp³-hybridized carbons (Fsp3) is 0.207. The smallest absolute Gasteiger partial charge is 0.325 e. The molecule has 4 rings (SSSR count). The molecule has 8 nitrogen and oxygen atoms in total. The summed E-state index contributed by atoms with van der Waals surface area (Å²) in [6.45, 7) is 1.69. The highest BCUT2D eigenvalue weighted by molar-refractivity contribution is 6.10. The number of carbonyl (C=O) groups is 3. The van der Waals surface area contributed by atoms with Gasteiger partial charge in [-0.05, 0) is 41.5 Å². The van der Waals surface area contributed by atoms with Gasteiger partial charge in [0, 0.05) is 11.5 Å². The molecule has 1 fully saturated rings. The first kappa shape index (κ1) is 26.4. The van der Waals surface area contributed by atoms with Crippen molar-refractivity contribution in [2.75, 3.05) is 18.5 Å². The molecule has 3 atom stereocenters. The summed E-state index contributed by atoms with van der Waals surface area (Å²) in [4.78, 5) is 41.1. The Hall–Kier alpha value is -4.68. The van der Waals surface area contributed by atoms with E-state index in [9.17, 15) is 18.8 Å². The van der Waals surface area contributed by atoms with Gasteiger partial charge in [-0.15, -0.1) is 6.42 Å². The number of amides is 4. The molecule has 1 saturated heterocycles. The van der Waals surface area contributed by atoms with Crippen LogP contribution in [0.4, 0.5) is 14.9 Å². The van der Waals surface area contributed by atoms with Crippen molar-refractivity contribution < 1.29 is 28.6 Å². The van der Waals surface area contributed by atoms with Crippen molar-refractivity contribution in [1.29, 1.82) is 0 Å². The topological polar surface area (TPSA) is 108 Å². The molecule has 3 N–H and O–H groups in total. The van der Waals surface area contributed by atoms with Gasteiger partial charge in [0.1, 0.15) is 30.3 Å². The third-order valence-electron chi connectivity index (χ3n) is 6.28. The van der Waals surface area contributed by atoms with Crippen LogP contribution in [0.15, 0.2) is 72.8 Å². The normalized spacial score (nSPS) is 16.4. The molecule has 1 unspecified atom stereocenters. The van der Waals surface area contributed by atoms with E-state index in [0.29, 0.717) is 22.4 Å². The molecule has 0 radical (unpaired) electrons. The predicted octanol–water partition coefficient (Wildman–Crippen LogP) is 3.58. The Bertz CT molecular complexity index is 1370. The number of benzene rings is 3. The van der Waals surface area contributed by atoms with Crippen LogP contribution in [-0.4, -0.2) is 47.1 Å². The van der Waals surface area contributed by atoms with E-state index < -0.39 is 41.7 Å². The van der Waals surface area contributed by atoms with Gasteiger partial charge in [-0.2, -0.15) is 0 Å². The molecule has 38 heavy (non-hydrogen) atoms. The van der Waals surface area contributed by atoms with Gasteiger partial charge >= 0.3 is 6.03 Å². The third-order valence-corrected chi connectivity index (χ3v) is 6.28. The zero-order chi connectivity index (χ0) is 27.2. The van der Waals surface area contributed by atoms with Gasteiger partial charge < -0.3 is 20.5 Å². The molecule has 194 valence electrons. The number of ether oxygens (including phenoxy) is 1. The zero-order valence-corrected chi connectivity index (χ0v) is 20.6. The van der Waals surface area contributed by atoms with E-state index in [0.717, 1.165) is 11.0 Å². The molecule has 0 aliphatic carbocycles. The van der Waals surface area contributed by atoms with Gasteiger partial charge in [-0.25, -0.2) is 14.1 Å². The fourth-order valence-electron chi connectivity index (χ4n) is 4.32. The lowest BCUT2D eigenvalue weighted by Crippen LogP contribution is -2.50. The lowest BCUT2D eigenvalue weighted by molar-refractivity contribution is -0.134. The van der Waals surface area contributed by atoms with Gasteiger partial charge in [0.05, 0.1) is 12.3 Å². The minimum absolute atomic E-state index is 0.118. The molecule has 0 saturated carbocycles. The first-order valence-electron chi connectivity index (χ1n) is 11.9. The highest BCUT2D eigenvalue weighted by Gasteiger charge is 2.47. The zero-order valence-electron chi connectivity index (χ0n) is 20.6. The number of hydrogen-bond donors (Lipinski definition) is 3. The van der Waals surface area contributed by atoms with Gasteiger partial charge in [0.15, 0.2) is 0 Å². The first-order chi connectivity index (χ1) is 18.3. The van der Waals surface area contributed by atoms with E-state index in [1.807, 2.05) is 6.07 Å². The summed E-state index contributed by atoms with van der Waals surface area (Å²) in [5.41, 5.74) is 1.38. The van der Waals surface area contributed by atoms with Crippen molar-refractivity contribution >= 4 is 23.5 Å². The van der Waals surface area contributed by atoms with Crippen LogP contribution in [0.2, 0.25) is 0 Å². The average Bonchev–Trinajstić information content (AvgIpc) is 3.22. The summed E-state index contributed by atoms with van der Waals surface area (Å²) in [7, 11) is 0. The Balaban J connectivity index is 1.64. The van der Waals surface area contributed by atoms with Crippen LogP contribution in [-0.2, 0) is 9.59 Å². The fourth-order valence-corrected chi connectivity index (χ4v) is 4.32. The summed E-state index contributed by atoms with van der Waals surface area (Å²) in [5.74, 6) is 0.106. The number of nitrogens with zero attached hydrogens (tertiary/aromatic N) is 1. The lowest BCUT2D eigenvalue weighted by atomic mass is 9.91. The number of rotatable bonds is 9. The summed E-state index contributed by atoms with van der Waals surface area (Å²) in [6.07, 6.45) is 5.32. The Morgan fingerprint density at radius 2 is 1.87 bits per heavy atom. The maximum atomic E-state index is 14.6. The van der Waals surface area contributed by atoms with E-state index in [-0.39, 0.29) is 18.9 Å². The Kier molecular flexibility index (Phi) is 8.04. The standard InChI is InChI=1S/C29H26FN3O5/c1-3-19-9-14-24(23(30)17-19)31-27(35)26(18(2)20-7-5-4-6-8-20)33-28(36)25(32-29(33)37)21-10-12-22(13-11-21)38-16-15-34/h1,4-14,17-18,25-26,34H,15-16H2,2H3,(H,31,35)(H,32,37)/t18-,25?,26-/m0/s1. The van der Waals surface area contributed by atoms with Crippen LogP contribution in [0.1, 0.15) is 35.6 Å². The number of carbonyl (C=O) groups excluding carboxylic acids is 3. The van der Waals surface area contributed by atoms with E-state index in [2.05, 4.69) is 16.6 Å². The van der Waals surface area contributed by atoms with E-state index in [1.54, 1.807) is 55.5 Å². The van der Waals surface area contributed by atoms with Crippen molar-refractivity contribution in [3.63, 3.8) is 0 Å². The van der Waals surface area contributed by atoms with Gasteiger partial charge in [-0.1, -0.05) is 55.3 Å². The molecule has 3 aromatic rings. The highest BCUT2D eigenvalue weighted by atomic mass is 19.1. The van der Waals surface area contributed by atoms with Crippen LogP contribution >= 0.6 is 0 Å². The second-order valence-electron chi connectivity index (χ2n) is 8.70. The molecule has 4 amide bonds. The molecule has 9 heteroatoms. The number of imide groups is 1. The number of hydrogen-bond acceptors (Lipinski definition) is 5. The quantitative estimate of drug-likeness (QED) is 0.298. The van der Waals surface area contributed by atoms with Crippen LogP contribution in [0.3, 0.4) is 0 Å². The van der Waals surface area contributed by atoms with Crippen LogP contribution in [0.25, 0.3) is 0 Å². The number of terminal acetylenes is 1. The Labute approximate surface area is 219 Å². The molecular formula is C29H26FN3O5. The molecule has 1 aliphatic heterocycles. The van der Waals surface area contributed by atoms with Gasteiger partial charge in [0.2, 0.25) is 5.91 Å². The number of halogens is 1. The van der Waals surface area contributed by atoms with Gasteiger partial charge in [0.25, 0.3) is 5.91 Å². The van der Waals surface area contributed by atoms with Crippen LogP contribution in [0, 0.1) is 18.2 Å². The third kappa shape index (κ3) is 5.51. The van der Waals surface area contributed by atoms with Crippen molar-refractivity contribution in [2.24, 2.45) is 0 Å². The monoisotopic (exact) mass is 515 g/mol. The highest BCUT2D eigenvalue weighted by Crippen LogP contribution is 2.32. The van der Waals surface area contributed by atoms with Crippen molar-refractivity contribution in [1.82, 2.24) is 10.2 Å². The van der Waals surface area contributed by atoms with Crippen LogP contribution < -0.4 is 15.4 Å². The average molecular weight is 516 g/mol. The van der Waals surface area contributed by atoms with Crippen molar-refractivity contribution in [3.05, 3.63) is 95.3 Å². The summed E-state index contributed by atoms with van der Waals surface area (Å²) in [6, 6.07) is 16.3. The molecule has 0 spiro atoms. The second kappa shape index (κ2) is 11.6. The number of nitrogens with one attached hydrogen (secondary N) is 2. The van der Waals surface area contributed by atoms with Crippen molar-refractivity contribution in [3.8, 4) is 18.1 Å². The van der Waals surface area contributed by atoms with Crippen LogP contribution in [0.5, 0.6) is 5.75 Å². The SMILES string of the molecule is C#Cc1ccc(NC(=O)[C@H]([C@@H](C)c2ccccc2)N2C(=O)NC(c3ccc(OCCO)cc3)C2=O)c(F)c1. The minimum atomic E-state index is -1.28. The molecule has 3 aromatic carbocycles. The number of urea groups is 1. The van der Waals surface area contributed by atoms with Crippen molar-refractivity contribution in [2.45, 2.75) is 24.9 Å². The molecule has 1 aliphatic rings. The largest absolute Gasteiger partial charge is 0.491 e.